The van der Waals surface area contributed by atoms with E-state index < -0.39 is 0 Å². The zero-order chi connectivity index (χ0) is 18.9. The van der Waals surface area contributed by atoms with Crippen LogP contribution < -0.4 is 5.56 Å². The molecule has 0 aliphatic heterocycles. The Morgan fingerprint density at radius 2 is 1.85 bits per heavy atom. The maximum atomic E-state index is 13.2. The fourth-order valence-electron chi connectivity index (χ4n) is 3.87. The Morgan fingerprint density at radius 3 is 2.50 bits per heavy atom. The normalized spacial score (nSPS) is 16.0. The van der Waals surface area contributed by atoms with Gasteiger partial charge in [-0.15, -0.1) is 0 Å². The van der Waals surface area contributed by atoms with E-state index in [0.717, 1.165) is 42.1 Å². The summed E-state index contributed by atoms with van der Waals surface area (Å²) in [7, 11) is 0. The number of aryl methyl sites for hydroxylation is 1. The van der Waals surface area contributed by atoms with Crippen molar-refractivity contribution in [2.75, 3.05) is 0 Å². The zero-order valence-electron chi connectivity index (χ0n) is 16.4. The van der Waals surface area contributed by atoms with E-state index in [9.17, 15) is 9.59 Å². The number of rotatable bonds is 3. The van der Waals surface area contributed by atoms with Gasteiger partial charge < -0.3 is 9.88 Å². The number of nitrogens with zero attached hydrogens (tertiary/aromatic N) is 1. The van der Waals surface area contributed by atoms with Crippen LogP contribution in [0.4, 0.5) is 0 Å². The lowest BCUT2D eigenvalue weighted by Crippen LogP contribution is -2.48. The molecule has 0 radical (unpaired) electrons. The molecule has 1 aromatic carbocycles. The van der Waals surface area contributed by atoms with Crippen LogP contribution in [0.25, 0.3) is 10.9 Å². The molecule has 0 bridgehead atoms. The van der Waals surface area contributed by atoms with Crippen LogP contribution in [0.2, 0.25) is 0 Å². The molecule has 0 saturated heterocycles. The molecule has 2 aromatic rings. The highest BCUT2D eigenvalue weighted by atomic mass is 16.2. The number of nitrogens with one attached hydrogen (secondary N) is 1. The predicted molar refractivity (Wildman–Crippen MR) is 106 cm³/mol. The van der Waals surface area contributed by atoms with Crippen molar-refractivity contribution < 1.29 is 4.79 Å². The third-order valence-electron chi connectivity index (χ3n) is 5.44. The second-order valence-corrected chi connectivity index (χ2v) is 8.64. The van der Waals surface area contributed by atoms with Gasteiger partial charge in [0.1, 0.15) is 0 Å². The van der Waals surface area contributed by atoms with Gasteiger partial charge in [0.25, 0.3) is 5.56 Å². The van der Waals surface area contributed by atoms with Gasteiger partial charge in [0, 0.05) is 22.5 Å². The van der Waals surface area contributed by atoms with Crippen LogP contribution in [0.1, 0.15) is 64.0 Å². The van der Waals surface area contributed by atoms with Crippen molar-refractivity contribution in [3.05, 3.63) is 45.7 Å². The molecule has 1 aromatic heterocycles. The van der Waals surface area contributed by atoms with Crippen molar-refractivity contribution in [2.45, 2.75) is 71.9 Å². The summed E-state index contributed by atoms with van der Waals surface area (Å²) in [6.45, 7) is 8.55. The average Bonchev–Trinajstić information content (AvgIpc) is 2.59. The summed E-state index contributed by atoms with van der Waals surface area (Å²) in [5.74, 6) is 0.297. The molecule has 0 unspecified atom stereocenters. The van der Waals surface area contributed by atoms with E-state index in [-0.39, 0.29) is 22.9 Å². The van der Waals surface area contributed by atoms with E-state index in [4.69, 9.17) is 0 Å². The monoisotopic (exact) mass is 354 g/mol. The zero-order valence-corrected chi connectivity index (χ0v) is 16.4. The number of hydrogen-bond acceptors (Lipinski definition) is 2. The SMILES string of the molecule is Cc1ccc2[nH]c(=O)c(CN(C(=O)C3CCCCC3)C(C)(C)C)cc2c1. The number of amides is 1. The maximum absolute atomic E-state index is 13.2. The molecule has 1 saturated carbocycles. The van der Waals surface area contributed by atoms with Crippen molar-refractivity contribution in [1.82, 2.24) is 9.88 Å². The Balaban J connectivity index is 1.94. The number of fused-ring (bicyclic) bond motifs is 1. The fourth-order valence-corrected chi connectivity index (χ4v) is 3.87. The lowest BCUT2D eigenvalue weighted by Gasteiger charge is -2.39. The smallest absolute Gasteiger partial charge is 0.253 e. The van der Waals surface area contributed by atoms with E-state index in [1.54, 1.807) is 0 Å². The summed E-state index contributed by atoms with van der Waals surface area (Å²) in [6.07, 6.45) is 5.43. The Hall–Kier alpha value is -2.10. The van der Waals surface area contributed by atoms with Gasteiger partial charge in [0.05, 0.1) is 6.54 Å². The lowest BCUT2D eigenvalue weighted by atomic mass is 9.87. The molecule has 1 amide bonds. The molecular formula is C22H30N2O2. The molecule has 1 fully saturated rings. The predicted octanol–water partition coefficient (Wildman–Crippen LogP) is 4.54. The second kappa shape index (κ2) is 7.26. The van der Waals surface area contributed by atoms with Crippen LogP contribution in [-0.2, 0) is 11.3 Å². The van der Waals surface area contributed by atoms with Gasteiger partial charge >= 0.3 is 0 Å². The fraction of sp³-hybridized carbons (Fsp3) is 0.545. The van der Waals surface area contributed by atoms with Gasteiger partial charge in [-0.05, 0) is 64.1 Å². The molecule has 1 aliphatic rings. The van der Waals surface area contributed by atoms with Gasteiger partial charge in [-0.1, -0.05) is 30.9 Å². The first kappa shape index (κ1) is 18.7. The molecule has 26 heavy (non-hydrogen) atoms. The molecule has 1 heterocycles. The van der Waals surface area contributed by atoms with Gasteiger partial charge in [-0.2, -0.15) is 0 Å². The minimum absolute atomic E-state index is 0.102. The van der Waals surface area contributed by atoms with E-state index in [0.29, 0.717) is 12.1 Å². The molecule has 1 N–H and O–H groups in total. The van der Waals surface area contributed by atoms with Crippen molar-refractivity contribution in [3.8, 4) is 0 Å². The molecule has 0 atom stereocenters. The Bertz CT molecular complexity index is 855. The van der Waals surface area contributed by atoms with Crippen LogP contribution >= 0.6 is 0 Å². The average molecular weight is 354 g/mol. The number of aromatic amines is 1. The van der Waals surface area contributed by atoms with Gasteiger partial charge in [0.2, 0.25) is 5.91 Å². The molecule has 1 aliphatic carbocycles. The van der Waals surface area contributed by atoms with E-state index in [1.165, 1.54) is 6.42 Å². The van der Waals surface area contributed by atoms with Crippen molar-refractivity contribution >= 4 is 16.8 Å². The van der Waals surface area contributed by atoms with Gasteiger partial charge in [-0.3, -0.25) is 9.59 Å². The van der Waals surface area contributed by atoms with Crippen molar-refractivity contribution in [2.24, 2.45) is 5.92 Å². The summed E-state index contributed by atoms with van der Waals surface area (Å²) >= 11 is 0. The van der Waals surface area contributed by atoms with E-state index in [1.807, 2.05) is 50.8 Å². The minimum Gasteiger partial charge on any atom is -0.333 e. The number of benzene rings is 1. The highest BCUT2D eigenvalue weighted by Gasteiger charge is 2.33. The van der Waals surface area contributed by atoms with E-state index >= 15 is 0 Å². The first-order chi connectivity index (χ1) is 12.3. The highest BCUT2D eigenvalue weighted by molar-refractivity contribution is 5.81. The molecule has 0 spiro atoms. The quantitative estimate of drug-likeness (QED) is 0.879. The summed E-state index contributed by atoms with van der Waals surface area (Å²) in [5, 5.41) is 1.01. The number of pyridine rings is 1. The molecule has 4 nitrogen and oxygen atoms in total. The maximum Gasteiger partial charge on any atom is 0.253 e. The van der Waals surface area contributed by atoms with Gasteiger partial charge in [0.15, 0.2) is 0 Å². The van der Waals surface area contributed by atoms with Crippen LogP contribution in [0.5, 0.6) is 0 Å². The summed E-state index contributed by atoms with van der Waals surface area (Å²) in [5.41, 5.74) is 2.23. The summed E-state index contributed by atoms with van der Waals surface area (Å²) < 4.78 is 0. The summed E-state index contributed by atoms with van der Waals surface area (Å²) in [6, 6.07) is 7.93. The third kappa shape index (κ3) is 4.00. The first-order valence-corrected chi connectivity index (χ1v) is 9.70. The number of carbonyl (C=O) groups is 1. The van der Waals surface area contributed by atoms with Crippen molar-refractivity contribution in [1.29, 1.82) is 0 Å². The van der Waals surface area contributed by atoms with Crippen LogP contribution in [0.3, 0.4) is 0 Å². The van der Waals surface area contributed by atoms with Gasteiger partial charge in [-0.25, -0.2) is 0 Å². The Labute approximate surface area is 155 Å². The standard InChI is InChI=1S/C22H30N2O2/c1-15-10-11-19-17(12-15)13-18(20(25)23-19)14-24(22(2,3)4)21(26)16-8-6-5-7-9-16/h10-13,16H,5-9,14H2,1-4H3,(H,23,25). The second-order valence-electron chi connectivity index (χ2n) is 8.64. The minimum atomic E-state index is -0.317. The number of aromatic nitrogens is 1. The highest BCUT2D eigenvalue weighted by Crippen LogP contribution is 2.29. The number of hydrogen-bond donors (Lipinski definition) is 1. The largest absolute Gasteiger partial charge is 0.333 e. The molecular weight excluding hydrogens is 324 g/mol. The Kier molecular flexibility index (Phi) is 5.22. The van der Waals surface area contributed by atoms with E-state index in [2.05, 4.69) is 11.1 Å². The molecule has 140 valence electrons. The molecule has 4 heteroatoms. The Morgan fingerprint density at radius 1 is 1.15 bits per heavy atom. The summed E-state index contributed by atoms with van der Waals surface area (Å²) in [4.78, 5) is 30.6. The van der Waals surface area contributed by atoms with Crippen LogP contribution in [0.15, 0.2) is 29.1 Å². The van der Waals surface area contributed by atoms with Crippen molar-refractivity contribution in [3.63, 3.8) is 0 Å². The number of H-pyrrole nitrogens is 1. The first-order valence-electron chi connectivity index (χ1n) is 9.70. The van der Waals surface area contributed by atoms with Crippen LogP contribution in [0, 0.1) is 12.8 Å². The third-order valence-corrected chi connectivity index (χ3v) is 5.44. The topological polar surface area (TPSA) is 53.2 Å². The van der Waals surface area contributed by atoms with Crippen LogP contribution in [-0.4, -0.2) is 21.3 Å². The lowest BCUT2D eigenvalue weighted by molar-refractivity contribution is -0.142. The molecule has 3 rings (SSSR count). The number of carbonyl (C=O) groups excluding carboxylic acids is 1.